The number of carbonyl (C=O) groups is 2. The number of halogens is 2. The number of methoxy groups -OCH3 is 1. The monoisotopic (exact) mass is 585 g/mol. The topological polar surface area (TPSA) is 96.0 Å². The minimum absolute atomic E-state index is 0.0249. The molecule has 1 unspecified atom stereocenters. The molecule has 2 aromatic rings. The summed E-state index contributed by atoms with van der Waals surface area (Å²) in [6.45, 7) is 4.68. The lowest BCUT2D eigenvalue weighted by atomic mass is 10.1. The minimum atomic E-state index is -3.69. The van der Waals surface area contributed by atoms with E-state index in [2.05, 4.69) is 5.32 Å². The van der Waals surface area contributed by atoms with Crippen LogP contribution in [0.3, 0.4) is 0 Å². The molecular weight excluding hydrogens is 549 g/mol. The fraction of sp³-hybridized carbons (Fsp3) is 0.481. The summed E-state index contributed by atoms with van der Waals surface area (Å²) in [5.41, 5.74) is 1.07. The third kappa shape index (κ3) is 9.36. The first-order chi connectivity index (χ1) is 18.0. The lowest BCUT2D eigenvalue weighted by molar-refractivity contribution is -0.141. The highest BCUT2D eigenvalue weighted by Crippen LogP contribution is 2.31. The van der Waals surface area contributed by atoms with E-state index in [1.54, 1.807) is 18.1 Å². The lowest BCUT2D eigenvalue weighted by Gasteiger charge is -2.31. The van der Waals surface area contributed by atoms with Crippen LogP contribution in [0.1, 0.15) is 51.5 Å². The molecule has 0 aromatic heterocycles. The van der Waals surface area contributed by atoms with Gasteiger partial charge in [-0.05, 0) is 55.2 Å². The molecule has 0 heterocycles. The predicted octanol–water partition coefficient (Wildman–Crippen LogP) is 5.27. The summed E-state index contributed by atoms with van der Waals surface area (Å²) in [4.78, 5) is 28.1. The minimum Gasteiger partial charge on any atom is -0.497 e. The van der Waals surface area contributed by atoms with Crippen molar-refractivity contribution in [2.75, 3.05) is 30.8 Å². The van der Waals surface area contributed by atoms with Crippen molar-refractivity contribution >= 4 is 50.7 Å². The van der Waals surface area contributed by atoms with E-state index in [0.29, 0.717) is 23.7 Å². The Morgan fingerprint density at radius 1 is 1.08 bits per heavy atom. The largest absolute Gasteiger partial charge is 0.497 e. The van der Waals surface area contributed by atoms with E-state index in [0.717, 1.165) is 29.0 Å². The molecule has 1 N–H and O–H groups in total. The summed E-state index contributed by atoms with van der Waals surface area (Å²) < 4.78 is 31.5. The van der Waals surface area contributed by atoms with Gasteiger partial charge < -0.3 is 15.0 Å². The highest BCUT2D eigenvalue weighted by atomic mass is 35.5. The maximum absolute atomic E-state index is 13.5. The number of unbranched alkanes of at least 4 members (excludes halogenated alkanes) is 1. The van der Waals surface area contributed by atoms with Crippen molar-refractivity contribution in [3.63, 3.8) is 0 Å². The van der Waals surface area contributed by atoms with Crippen LogP contribution in [-0.4, -0.2) is 57.6 Å². The third-order valence-corrected chi connectivity index (χ3v) is 7.77. The molecule has 0 aliphatic rings. The Balaban J connectivity index is 2.25. The summed E-state index contributed by atoms with van der Waals surface area (Å²) in [6, 6.07) is 11.3. The van der Waals surface area contributed by atoms with E-state index in [9.17, 15) is 18.0 Å². The molecule has 0 saturated heterocycles. The van der Waals surface area contributed by atoms with Crippen LogP contribution in [0, 0.1) is 0 Å². The van der Waals surface area contributed by atoms with Crippen LogP contribution in [0.5, 0.6) is 5.75 Å². The first-order valence-corrected chi connectivity index (χ1v) is 15.2. The average molecular weight is 587 g/mol. The first kappa shape index (κ1) is 31.7. The maximum Gasteiger partial charge on any atom is 0.242 e. The van der Waals surface area contributed by atoms with Gasteiger partial charge in [-0.1, -0.05) is 55.6 Å². The second-order valence-electron chi connectivity index (χ2n) is 8.98. The molecule has 11 heteroatoms. The number of ether oxygens (including phenoxy) is 1. The van der Waals surface area contributed by atoms with E-state index in [1.165, 1.54) is 12.1 Å². The first-order valence-electron chi connectivity index (χ1n) is 12.6. The van der Waals surface area contributed by atoms with Gasteiger partial charge in [0, 0.05) is 31.1 Å². The second-order valence-corrected chi connectivity index (χ2v) is 11.7. The highest BCUT2D eigenvalue weighted by Gasteiger charge is 2.29. The Morgan fingerprint density at radius 3 is 2.45 bits per heavy atom. The van der Waals surface area contributed by atoms with Crippen molar-refractivity contribution in [1.29, 1.82) is 0 Å². The Morgan fingerprint density at radius 2 is 1.82 bits per heavy atom. The third-order valence-electron chi connectivity index (χ3n) is 6.03. The van der Waals surface area contributed by atoms with Crippen molar-refractivity contribution in [2.24, 2.45) is 0 Å². The summed E-state index contributed by atoms with van der Waals surface area (Å²) in [7, 11) is -2.12. The normalized spacial score (nSPS) is 12.1. The quantitative estimate of drug-likeness (QED) is 0.287. The molecule has 2 aromatic carbocycles. The van der Waals surface area contributed by atoms with Gasteiger partial charge in [0.05, 0.1) is 24.1 Å². The molecule has 0 fully saturated rings. The number of rotatable bonds is 15. The molecule has 0 aliphatic carbocycles. The SMILES string of the molecule is CCCCNC(=O)C(CC)N(Cc1cccc(OC)c1)C(=O)CCCN(c1cc(Cl)ccc1Cl)S(C)(=O)=O. The second kappa shape index (κ2) is 15.2. The zero-order valence-corrected chi connectivity index (χ0v) is 24.7. The molecule has 0 saturated carbocycles. The smallest absolute Gasteiger partial charge is 0.242 e. The molecular formula is C27H37Cl2N3O5S. The Kier molecular flexibility index (Phi) is 12.7. The number of anilines is 1. The van der Waals surface area contributed by atoms with Crippen molar-refractivity contribution in [3.05, 3.63) is 58.1 Å². The van der Waals surface area contributed by atoms with Gasteiger partial charge >= 0.3 is 0 Å². The summed E-state index contributed by atoms with van der Waals surface area (Å²) in [5.74, 6) is 0.189. The van der Waals surface area contributed by atoms with E-state index >= 15 is 0 Å². The van der Waals surface area contributed by atoms with Gasteiger partial charge in [0.25, 0.3) is 0 Å². The Labute approximate surface area is 236 Å². The molecule has 1 atom stereocenters. The number of benzene rings is 2. The van der Waals surface area contributed by atoms with Gasteiger partial charge in [-0.2, -0.15) is 0 Å². The van der Waals surface area contributed by atoms with Crippen LogP contribution < -0.4 is 14.4 Å². The van der Waals surface area contributed by atoms with E-state index in [-0.39, 0.29) is 48.5 Å². The standard InChI is InChI=1S/C27H37Cl2N3O5S/c1-5-7-15-30-27(34)24(6-2)31(19-20-10-8-11-22(17-20)37-3)26(33)12-9-16-32(38(4,35)36)25-18-21(28)13-14-23(25)29/h8,10-11,13-14,17-18,24H,5-7,9,12,15-16,19H2,1-4H3,(H,30,34). The molecule has 2 amide bonds. The van der Waals surface area contributed by atoms with Crippen LogP contribution in [0.2, 0.25) is 10.0 Å². The van der Waals surface area contributed by atoms with Crippen molar-refractivity contribution in [1.82, 2.24) is 10.2 Å². The van der Waals surface area contributed by atoms with E-state index < -0.39 is 16.1 Å². The van der Waals surface area contributed by atoms with Crippen molar-refractivity contribution in [2.45, 2.75) is 58.5 Å². The molecule has 0 aliphatic heterocycles. The number of sulfonamides is 1. The Bertz CT molecular complexity index is 1190. The summed E-state index contributed by atoms with van der Waals surface area (Å²) in [6.07, 6.45) is 3.55. The molecule has 210 valence electrons. The van der Waals surface area contributed by atoms with Crippen LogP contribution in [-0.2, 0) is 26.2 Å². The molecule has 38 heavy (non-hydrogen) atoms. The zero-order chi connectivity index (χ0) is 28.3. The summed E-state index contributed by atoms with van der Waals surface area (Å²) in [5, 5.41) is 3.52. The van der Waals surface area contributed by atoms with Crippen molar-refractivity contribution in [3.8, 4) is 5.75 Å². The van der Waals surface area contributed by atoms with Crippen LogP contribution in [0.15, 0.2) is 42.5 Å². The van der Waals surface area contributed by atoms with Gasteiger partial charge in [0.15, 0.2) is 0 Å². The van der Waals surface area contributed by atoms with Gasteiger partial charge in [-0.25, -0.2) is 8.42 Å². The highest BCUT2D eigenvalue weighted by molar-refractivity contribution is 7.92. The molecule has 0 spiro atoms. The molecule has 0 bridgehead atoms. The number of nitrogens with zero attached hydrogens (tertiary/aromatic N) is 2. The number of amides is 2. The van der Waals surface area contributed by atoms with Crippen LogP contribution >= 0.6 is 23.2 Å². The van der Waals surface area contributed by atoms with Gasteiger partial charge in [0.2, 0.25) is 21.8 Å². The van der Waals surface area contributed by atoms with Gasteiger partial charge in [-0.3, -0.25) is 13.9 Å². The van der Waals surface area contributed by atoms with Crippen molar-refractivity contribution < 1.29 is 22.7 Å². The van der Waals surface area contributed by atoms with Crippen LogP contribution in [0.4, 0.5) is 5.69 Å². The predicted molar refractivity (Wildman–Crippen MR) is 153 cm³/mol. The maximum atomic E-state index is 13.5. The number of hydrogen-bond donors (Lipinski definition) is 1. The number of hydrogen-bond acceptors (Lipinski definition) is 5. The molecule has 0 radical (unpaired) electrons. The number of carbonyl (C=O) groups excluding carboxylic acids is 2. The average Bonchev–Trinajstić information content (AvgIpc) is 2.87. The fourth-order valence-corrected chi connectivity index (χ4v) is 5.46. The van der Waals surface area contributed by atoms with E-state index in [4.69, 9.17) is 27.9 Å². The lowest BCUT2D eigenvalue weighted by Crippen LogP contribution is -2.49. The zero-order valence-electron chi connectivity index (χ0n) is 22.4. The molecule has 2 rings (SSSR count). The van der Waals surface area contributed by atoms with E-state index in [1.807, 2.05) is 38.1 Å². The Hall–Kier alpha value is -2.49. The van der Waals surface area contributed by atoms with Gasteiger partial charge in [-0.15, -0.1) is 0 Å². The fourth-order valence-electron chi connectivity index (χ4n) is 4.05. The van der Waals surface area contributed by atoms with Crippen LogP contribution in [0.25, 0.3) is 0 Å². The van der Waals surface area contributed by atoms with Gasteiger partial charge in [0.1, 0.15) is 11.8 Å². The number of nitrogens with one attached hydrogen (secondary N) is 1. The summed E-state index contributed by atoms with van der Waals surface area (Å²) >= 11 is 12.3. The molecule has 8 nitrogen and oxygen atoms in total.